The summed E-state index contributed by atoms with van der Waals surface area (Å²) in [6.07, 6.45) is 5.41. The van der Waals surface area contributed by atoms with Crippen LogP contribution in [0.5, 0.6) is 0 Å². The Morgan fingerprint density at radius 3 is 2.41 bits per heavy atom. The van der Waals surface area contributed by atoms with E-state index in [0.29, 0.717) is 13.1 Å². The van der Waals surface area contributed by atoms with Crippen LogP contribution in [0.1, 0.15) is 31.2 Å². The second-order valence-corrected chi connectivity index (χ2v) is 10.2. The van der Waals surface area contributed by atoms with Crippen LogP contribution in [-0.4, -0.2) is 46.4 Å². The average molecular weight is 486 g/mol. The average Bonchev–Trinajstić information content (AvgIpc) is 3.11. The molecule has 0 saturated carbocycles. The van der Waals surface area contributed by atoms with E-state index in [9.17, 15) is 22.8 Å². The maximum absolute atomic E-state index is 13.2. The smallest absolute Gasteiger partial charge is 0.331 e. The number of rotatable bonds is 5. The summed E-state index contributed by atoms with van der Waals surface area (Å²) in [5.74, 6) is -0.150. The highest BCUT2D eigenvalue weighted by Crippen LogP contribution is 2.18. The Kier molecular flexibility index (Phi) is 6.56. The van der Waals surface area contributed by atoms with Gasteiger partial charge in [-0.15, -0.1) is 0 Å². The number of nitrogens with zero attached hydrogens (tertiary/aromatic N) is 4. The lowest BCUT2D eigenvalue weighted by molar-refractivity contribution is -0.131. The summed E-state index contributed by atoms with van der Waals surface area (Å²) in [5, 5.41) is 0.0329. The van der Waals surface area contributed by atoms with Gasteiger partial charge in [-0.05, 0) is 49.6 Å². The Labute approximate surface area is 196 Å². The fourth-order valence-electron chi connectivity index (χ4n) is 4.08. The van der Waals surface area contributed by atoms with E-state index in [-0.39, 0.29) is 34.1 Å². The summed E-state index contributed by atoms with van der Waals surface area (Å²) in [6, 6.07) is 7.22. The van der Waals surface area contributed by atoms with Gasteiger partial charge in [-0.1, -0.05) is 18.9 Å². The third-order valence-corrected chi connectivity index (χ3v) is 7.39. The van der Waals surface area contributed by atoms with Crippen LogP contribution >= 0.6 is 0 Å². The number of anilines is 1. The maximum Gasteiger partial charge on any atom is 0.331 e. The summed E-state index contributed by atoms with van der Waals surface area (Å²) in [7, 11) is -2.55. The Morgan fingerprint density at radius 2 is 1.76 bits per heavy atom. The molecule has 10 nitrogen and oxygen atoms in total. The molecule has 0 spiro atoms. The van der Waals surface area contributed by atoms with Gasteiger partial charge in [0.1, 0.15) is 12.4 Å². The first-order valence-electron chi connectivity index (χ1n) is 11.1. The number of fused-ring (bicyclic) bond motifs is 1. The minimum Gasteiger partial charge on any atom is -0.341 e. The molecule has 1 aliphatic rings. The third-order valence-electron chi connectivity index (χ3n) is 6.04. The van der Waals surface area contributed by atoms with Gasteiger partial charge in [-0.3, -0.25) is 23.4 Å². The molecule has 4 rings (SSSR count). The van der Waals surface area contributed by atoms with E-state index < -0.39 is 21.3 Å². The maximum atomic E-state index is 13.2. The van der Waals surface area contributed by atoms with Crippen LogP contribution in [0.15, 0.2) is 51.0 Å². The van der Waals surface area contributed by atoms with Crippen molar-refractivity contribution >= 4 is 32.7 Å². The van der Waals surface area contributed by atoms with Crippen molar-refractivity contribution in [3.05, 3.63) is 62.9 Å². The molecular formula is C23H27N5O5S. The van der Waals surface area contributed by atoms with E-state index in [1.165, 1.54) is 36.0 Å². The highest BCUT2D eigenvalue weighted by molar-refractivity contribution is 7.92. The standard InChI is InChI=1S/C23H27N5O5S/c1-16-7-10-20(24-14-16)25-34(32,33)17-8-9-19-18(13-17)22(30)28(23(31)26(19)2)15-21(29)27-11-5-3-4-6-12-27/h7-10,13-14H,3-6,11-12,15H2,1-2H3,(H,24,25). The molecule has 1 N–H and O–H groups in total. The minimum atomic E-state index is -4.04. The molecule has 2 aromatic heterocycles. The Bertz CT molecular complexity index is 1450. The highest BCUT2D eigenvalue weighted by atomic mass is 32.2. The van der Waals surface area contributed by atoms with Crippen molar-refractivity contribution in [3.63, 3.8) is 0 Å². The number of hydrogen-bond acceptors (Lipinski definition) is 6. The molecule has 1 aliphatic heterocycles. The number of pyridine rings is 1. The number of carbonyl (C=O) groups is 1. The van der Waals surface area contributed by atoms with Crippen LogP contribution in [0, 0.1) is 6.92 Å². The zero-order chi connectivity index (χ0) is 24.5. The molecule has 34 heavy (non-hydrogen) atoms. The Hall–Kier alpha value is -3.47. The second-order valence-electron chi connectivity index (χ2n) is 8.53. The molecular weight excluding hydrogens is 458 g/mol. The number of benzene rings is 1. The van der Waals surface area contributed by atoms with Crippen molar-refractivity contribution in [2.75, 3.05) is 17.8 Å². The molecule has 1 saturated heterocycles. The largest absolute Gasteiger partial charge is 0.341 e. The van der Waals surface area contributed by atoms with Gasteiger partial charge < -0.3 is 4.90 Å². The lowest BCUT2D eigenvalue weighted by atomic mass is 10.2. The molecule has 1 fully saturated rings. The van der Waals surface area contributed by atoms with Crippen LogP contribution in [-0.2, 0) is 28.4 Å². The normalized spacial score (nSPS) is 14.7. The van der Waals surface area contributed by atoms with Gasteiger partial charge in [0.2, 0.25) is 5.91 Å². The summed E-state index contributed by atoms with van der Waals surface area (Å²) >= 11 is 0. The van der Waals surface area contributed by atoms with E-state index >= 15 is 0 Å². The summed E-state index contributed by atoms with van der Waals surface area (Å²) in [5.41, 5.74) is -0.171. The number of sulfonamides is 1. The van der Waals surface area contributed by atoms with Gasteiger partial charge >= 0.3 is 5.69 Å². The molecule has 0 bridgehead atoms. The van der Waals surface area contributed by atoms with Crippen LogP contribution in [0.25, 0.3) is 10.9 Å². The quantitative estimate of drug-likeness (QED) is 0.586. The van der Waals surface area contributed by atoms with Crippen LogP contribution < -0.4 is 16.0 Å². The topological polar surface area (TPSA) is 123 Å². The van der Waals surface area contributed by atoms with Crippen molar-refractivity contribution in [2.24, 2.45) is 7.05 Å². The third kappa shape index (κ3) is 4.74. The number of carbonyl (C=O) groups excluding carboxylic acids is 1. The second kappa shape index (κ2) is 9.41. The fraction of sp³-hybridized carbons (Fsp3) is 0.391. The minimum absolute atomic E-state index is 0.0329. The molecule has 1 aromatic carbocycles. The van der Waals surface area contributed by atoms with E-state index in [0.717, 1.165) is 35.8 Å². The lowest BCUT2D eigenvalue weighted by Gasteiger charge is -2.21. The number of aromatic nitrogens is 3. The molecule has 180 valence electrons. The molecule has 0 unspecified atom stereocenters. The van der Waals surface area contributed by atoms with Gasteiger partial charge in [-0.2, -0.15) is 0 Å². The highest BCUT2D eigenvalue weighted by Gasteiger charge is 2.21. The Morgan fingerprint density at radius 1 is 1.06 bits per heavy atom. The first-order valence-corrected chi connectivity index (χ1v) is 12.6. The predicted molar refractivity (Wildman–Crippen MR) is 128 cm³/mol. The number of amides is 1. The molecule has 3 aromatic rings. The van der Waals surface area contributed by atoms with Crippen LogP contribution in [0.4, 0.5) is 5.82 Å². The van der Waals surface area contributed by atoms with E-state index in [4.69, 9.17) is 0 Å². The van der Waals surface area contributed by atoms with Crippen LogP contribution in [0.3, 0.4) is 0 Å². The summed E-state index contributed by atoms with van der Waals surface area (Å²) in [6.45, 7) is 2.65. The molecule has 3 heterocycles. The molecule has 0 radical (unpaired) electrons. The first-order chi connectivity index (χ1) is 16.2. The van der Waals surface area contributed by atoms with Crippen molar-refractivity contribution in [2.45, 2.75) is 44.0 Å². The summed E-state index contributed by atoms with van der Waals surface area (Å²) < 4.78 is 30.3. The van der Waals surface area contributed by atoms with Gasteiger partial charge in [-0.25, -0.2) is 18.2 Å². The first kappa shape index (κ1) is 23.7. The van der Waals surface area contributed by atoms with E-state index in [1.807, 2.05) is 6.92 Å². The van der Waals surface area contributed by atoms with Crippen molar-refractivity contribution < 1.29 is 13.2 Å². The van der Waals surface area contributed by atoms with Gasteiger partial charge in [0.05, 0.1) is 15.8 Å². The van der Waals surface area contributed by atoms with Gasteiger partial charge in [0, 0.05) is 26.3 Å². The number of nitrogens with one attached hydrogen (secondary N) is 1. The number of aryl methyl sites for hydroxylation is 2. The summed E-state index contributed by atoms with van der Waals surface area (Å²) in [4.78, 5) is 44.5. The number of likely N-dealkylation sites (tertiary alicyclic amines) is 1. The van der Waals surface area contributed by atoms with E-state index in [2.05, 4.69) is 9.71 Å². The van der Waals surface area contributed by atoms with Crippen molar-refractivity contribution in [3.8, 4) is 0 Å². The molecule has 1 amide bonds. The van der Waals surface area contributed by atoms with Gasteiger partial charge in [0.15, 0.2) is 0 Å². The SMILES string of the molecule is Cc1ccc(NS(=O)(=O)c2ccc3c(c2)c(=O)n(CC(=O)N2CCCCCC2)c(=O)n3C)nc1. The predicted octanol–water partition coefficient (Wildman–Crippen LogP) is 1.61. The molecule has 11 heteroatoms. The Balaban J connectivity index is 1.72. The van der Waals surface area contributed by atoms with Crippen molar-refractivity contribution in [1.29, 1.82) is 0 Å². The fourth-order valence-corrected chi connectivity index (χ4v) is 5.12. The van der Waals surface area contributed by atoms with E-state index in [1.54, 1.807) is 17.0 Å². The zero-order valence-electron chi connectivity index (χ0n) is 19.2. The lowest BCUT2D eigenvalue weighted by Crippen LogP contribution is -2.44. The van der Waals surface area contributed by atoms with Gasteiger partial charge in [0.25, 0.3) is 15.6 Å². The number of hydrogen-bond donors (Lipinski definition) is 1. The zero-order valence-corrected chi connectivity index (χ0v) is 20.0. The molecule has 0 atom stereocenters. The van der Waals surface area contributed by atoms with Crippen LogP contribution in [0.2, 0.25) is 0 Å². The van der Waals surface area contributed by atoms with Crippen molar-refractivity contribution in [1.82, 2.24) is 19.0 Å². The monoisotopic (exact) mass is 485 g/mol. The molecule has 0 aliphatic carbocycles.